The van der Waals surface area contributed by atoms with Crippen molar-refractivity contribution < 1.29 is 17.9 Å². The molecule has 0 spiro atoms. The van der Waals surface area contributed by atoms with Gasteiger partial charge in [-0.3, -0.25) is 4.79 Å². The molecule has 2 aromatic heterocycles. The lowest BCUT2D eigenvalue weighted by molar-refractivity contribution is 0.102. The Balaban J connectivity index is 1.32. The van der Waals surface area contributed by atoms with Gasteiger partial charge in [0.15, 0.2) is 10.8 Å². The molecule has 4 aromatic rings. The molecule has 0 bridgehead atoms. The summed E-state index contributed by atoms with van der Waals surface area (Å²) in [6.07, 6.45) is 2.60. The summed E-state index contributed by atoms with van der Waals surface area (Å²) in [5, 5.41) is 2.03. The number of benzene rings is 2. The molecule has 0 radical (unpaired) electrons. The Hall–Kier alpha value is -3.78. The predicted molar refractivity (Wildman–Crippen MR) is 148 cm³/mol. The Bertz CT molecular complexity index is 1600. The molecule has 7 nitrogen and oxygen atoms in total. The zero-order valence-electron chi connectivity index (χ0n) is 21.8. The molecule has 1 aliphatic rings. The number of Topliss-reactive ketones (excluding diaryl/α,β-unsaturated/α-hetero) is 1. The summed E-state index contributed by atoms with van der Waals surface area (Å²) < 4.78 is 32.3. The molecule has 2 aromatic carbocycles. The second-order valence-corrected chi connectivity index (χ2v) is 12.5. The Morgan fingerprint density at radius 2 is 1.82 bits per heavy atom. The van der Waals surface area contributed by atoms with E-state index in [0.29, 0.717) is 17.3 Å². The van der Waals surface area contributed by atoms with Crippen LogP contribution in [0.15, 0.2) is 84.0 Å². The van der Waals surface area contributed by atoms with Gasteiger partial charge in [0.25, 0.3) is 0 Å². The molecule has 1 aliphatic heterocycles. The van der Waals surface area contributed by atoms with Crippen molar-refractivity contribution in [2.75, 3.05) is 17.2 Å². The fourth-order valence-electron chi connectivity index (χ4n) is 5.25. The minimum atomic E-state index is -4.01. The number of hydrogen-bond acceptors (Lipinski definition) is 7. The molecule has 1 fully saturated rings. The van der Waals surface area contributed by atoms with Crippen LogP contribution < -0.4 is 9.64 Å². The quantitative estimate of drug-likeness (QED) is 0.279. The van der Waals surface area contributed by atoms with Gasteiger partial charge in [-0.2, -0.15) is 0 Å². The van der Waals surface area contributed by atoms with Crippen LogP contribution in [0.2, 0.25) is 0 Å². The van der Waals surface area contributed by atoms with Crippen LogP contribution in [0.4, 0.5) is 5.82 Å². The normalized spacial score (nSPS) is 17.0. The predicted octanol–water partition coefficient (Wildman–Crippen LogP) is 5.49. The first-order valence-electron chi connectivity index (χ1n) is 12.7. The summed E-state index contributed by atoms with van der Waals surface area (Å²) >= 11 is 0. The molecule has 3 heterocycles. The molecule has 0 N–H and O–H groups in total. The molecule has 0 aliphatic carbocycles. The lowest BCUT2D eigenvalue weighted by atomic mass is 9.97. The SMILES string of the molecule is CC1CN(c2ncccc2C(=O)CS(=O)(=O)c2cccc(OCc3ccc4ccccc4c3)n2)C(C)(C)C1. The van der Waals surface area contributed by atoms with Gasteiger partial charge < -0.3 is 9.64 Å². The van der Waals surface area contributed by atoms with Crippen molar-refractivity contribution in [1.82, 2.24) is 9.97 Å². The van der Waals surface area contributed by atoms with Crippen LogP contribution in [0.5, 0.6) is 5.88 Å². The number of hydrogen-bond donors (Lipinski definition) is 0. The summed E-state index contributed by atoms with van der Waals surface area (Å²) in [7, 11) is -4.01. The maximum absolute atomic E-state index is 13.3. The largest absolute Gasteiger partial charge is 0.473 e. The summed E-state index contributed by atoms with van der Waals surface area (Å²) in [6.45, 7) is 7.39. The van der Waals surface area contributed by atoms with Gasteiger partial charge in [0, 0.05) is 24.3 Å². The molecule has 1 saturated heterocycles. The molecule has 1 atom stereocenters. The first-order chi connectivity index (χ1) is 18.1. The number of ketones is 1. The van der Waals surface area contributed by atoms with E-state index in [1.807, 2.05) is 42.5 Å². The number of pyridine rings is 2. The zero-order valence-corrected chi connectivity index (χ0v) is 22.6. The van der Waals surface area contributed by atoms with E-state index in [2.05, 4.69) is 35.6 Å². The highest BCUT2D eigenvalue weighted by Crippen LogP contribution is 2.37. The molecule has 0 saturated carbocycles. The van der Waals surface area contributed by atoms with Crippen molar-refractivity contribution in [3.05, 3.63) is 90.1 Å². The maximum atomic E-state index is 13.3. The molecule has 38 heavy (non-hydrogen) atoms. The van der Waals surface area contributed by atoms with Gasteiger partial charge in [-0.15, -0.1) is 0 Å². The fraction of sp³-hybridized carbons (Fsp3) is 0.300. The topological polar surface area (TPSA) is 89.5 Å². The molecule has 196 valence electrons. The van der Waals surface area contributed by atoms with Crippen LogP contribution in [-0.2, 0) is 16.4 Å². The van der Waals surface area contributed by atoms with E-state index >= 15 is 0 Å². The van der Waals surface area contributed by atoms with Gasteiger partial charge in [0.1, 0.15) is 18.2 Å². The molecule has 5 rings (SSSR count). The Labute approximate surface area is 223 Å². The van der Waals surface area contributed by atoms with Crippen LogP contribution >= 0.6 is 0 Å². The van der Waals surface area contributed by atoms with Gasteiger partial charge in [-0.05, 0) is 66.8 Å². The van der Waals surface area contributed by atoms with Crippen molar-refractivity contribution in [2.45, 2.75) is 44.4 Å². The highest BCUT2D eigenvalue weighted by molar-refractivity contribution is 7.92. The number of fused-ring (bicyclic) bond motifs is 1. The summed E-state index contributed by atoms with van der Waals surface area (Å²) in [4.78, 5) is 24.1. The maximum Gasteiger partial charge on any atom is 0.214 e. The smallest absolute Gasteiger partial charge is 0.214 e. The van der Waals surface area contributed by atoms with Gasteiger partial charge in [-0.25, -0.2) is 18.4 Å². The van der Waals surface area contributed by atoms with Gasteiger partial charge in [0.2, 0.25) is 15.7 Å². The van der Waals surface area contributed by atoms with Crippen LogP contribution in [0.3, 0.4) is 0 Å². The summed E-state index contributed by atoms with van der Waals surface area (Å²) in [5.41, 5.74) is 1.07. The minimum absolute atomic E-state index is 0.181. The standard InChI is InChI=1S/C30H31N3O4S/c1-21-17-30(2,3)33(18-21)29-25(10-7-15-31-29)26(34)20-38(35,36)28-12-6-11-27(32-28)37-19-22-13-14-23-8-4-5-9-24(23)16-22/h4-16,21H,17-20H2,1-3H3. The molecular weight excluding hydrogens is 498 g/mol. The zero-order chi connectivity index (χ0) is 26.9. The van der Waals surface area contributed by atoms with E-state index < -0.39 is 21.4 Å². The molecular formula is C30H31N3O4S. The number of rotatable bonds is 8. The third-order valence-electron chi connectivity index (χ3n) is 6.95. The van der Waals surface area contributed by atoms with Crippen LogP contribution in [0.1, 0.15) is 43.1 Å². The van der Waals surface area contributed by atoms with Gasteiger partial charge >= 0.3 is 0 Å². The van der Waals surface area contributed by atoms with Crippen LogP contribution in [0, 0.1) is 5.92 Å². The average molecular weight is 530 g/mol. The number of anilines is 1. The van der Waals surface area contributed by atoms with Gasteiger partial charge in [-0.1, -0.05) is 49.4 Å². The van der Waals surface area contributed by atoms with Crippen molar-refractivity contribution in [2.24, 2.45) is 5.92 Å². The first kappa shape index (κ1) is 25.9. The Kier molecular flexibility index (Phi) is 6.92. The van der Waals surface area contributed by atoms with E-state index in [4.69, 9.17) is 4.74 Å². The second-order valence-electron chi connectivity index (χ2n) is 10.6. The van der Waals surface area contributed by atoms with E-state index in [9.17, 15) is 13.2 Å². The highest BCUT2D eigenvalue weighted by atomic mass is 32.2. The van der Waals surface area contributed by atoms with E-state index in [-0.39, 0.29) is 23.1 Å². The molecule has 1 unspecified atom stereocenters. The highest BCUT2D eigenvalue weighted by Gasteiger charge is 2.39. The van der Waals surface area contributed by atoms with E-state index in [1.165, 1.54) is 6.07 Å². The average Bonchev–Trinajstić information content (AvgIpc) is 3.18. The van der Waals surface area contributed by atoms with E-state index in [0.717, 1.165) is 29.3 Å². The monoisotopic (exact) mass is 529 g/mol. The third kappa shape index (κ3) is 5.41. The van der Waals surface area contributed by atoms with Gasteiger partial charge in [0.05, 0.1) is 5.56 Å². The van der Waals surface area contributed by atoms with E-state index in [1.54, 1.807) is 30.5 Å². The number of aromatic nitrogens is 2. The first-order valence-corrected chi connectivity index (χ1v) is 14.3. The lowest BCUT2D eigenvalue weighted by Crippen LogP contribution is -2.39. The molecule has 0 amide bonds. The Morgan fingerprint density at radius 3 is 2.58 bits per heavy atom. The fourth-order valence-corrected chi connectivity index (χ4v) is 6.41. The minimum Gasteiger partial charge on any atom is -0.473 e. The Morgan fingerprint density at radius 1 is 1.03 bits per heavy atom. The van der Waals surface area contributed by atoms with Crippen LogP contribution in [-0.4, -0.2) is 42.0 Å². The van der Waals surface area contributed by atoms with Crippen molar-refractivity contribution in [3.63, 3.8) is 0 Å². The molecule has 8 heteroatoms. The summed E-state index contributed by atoms with van der Waals surface area (Å²) in [5.74, 6) is -0.0478. The van der Waals surface area contributed by atoms with Crippen molar-refractivity contribution in [1.29, 1.82) is 0 Å². The number of nitrogens with zero attached hydrogens (tertiary/aromatic N) is 3. The lowest BCUT2D eigenvalue weighted by Gasteiger charge is -2.33. The van der Waals surface area contributed by atoms with Crippen molar-refractivity contribution in [3.8, 4) is 5.88 Å². The number of sulfone groups is 1. The van der Waals surface area contributed by atoms with Crippen molar-refractivity contribution >= 4 is 32.2 Å². The number of ether oxygens (including phenoxy) is 1. The van der Waals surface area contributed by atoms with Crippen LogP contribution in [0.25, 0.3) is 10.8 Å². The second kappa shape index (κ2) is 10.2. The number of carbonyl (C=O) groups is 1. The summed E-state index contributed by atoms with van der Waals surface area (Å²) in [6, 6.07) is 21.9. The number of carbonyl (C=O) groups excluding carboxylic acids is 1. The third-order valence-corrected chi connectivity index (χ3v) is 8.46.